The third kappa shape index (κ3) is 2.90. The molecule has 146 valence electrons. The van der Waals surface area contributed by atoms with Crippen LogP contribution in [0.25, 0.3) is 0 Å². The summed E-state index contributed by atoms with van der Waals surface area (Å²) in [5, 5.41) is 15.1. The number of fused-ring (bicyclic) bond motifs is 5. The van der Waals surface area contributed by atoms with Crippen molar-refractivity contribution in [2.45, 2.75) is 18.4 Å². The quantitative estimate of drug-likeness (QED) is 0.402. The molecule has 0 saturated heterocycles. The van der Waals surface area contributed by atoms with Crippen LogP contribution in [0.1, 0.15) is 34.2 Å². The van der Waals surface area contributed by atoms with Gasteiger partial charge in [0.2, 0.25) is 0 Å². The molecule has 0 spiro atoms. The number of non-ortho nitro benzene ring substituents is 1. The lowest BCUT2D eigenvalue weighted by Gasteiger charge is -2.38. The second-order valence-corrected chi connectivity index (χ2v) is 8.50. The standard InChI is InChI=1S/C23H19BrN2O3/c1-29-21-9-6-14(24)11-18(21)23-19-10-13-4-2-3-5-16(13)22(19)17-12-15(26(27)28)7-8-20(17)25-23/h2-9,11-12,19,22-23,25H,10H2,1H3/t19-,22+,23+/m1/s1. The molecule has 3 aromatic carbocycles. The minimum atomic E-state index is -0.320. The number of anilines is 1. The maximum Gasteiger partial charge on any atom is 0.269 e. The van der Waals surface area contributed by atoms with Crippen LogP contribution in [0.4, 0.5) is 11.4 Å². The Morgan fingerprint density at radius 1 is 1.07 bits per heavy atom. The van der Waals surface area contributed by atoms with Crippen molar-refractivity contribution in [3.05, 3.63) is 97.5 Å². The van der Waals surface area contributed by atoms with E-state index in [0.717, 1.165) is 33.5 Å². The lowest BCUT2D eigenvalue weighted by molar-refractivity contribution is -0.384. The van der Waals surface area contributed by atoms with Crippen molar-refractivity contribution in [3.63, 3.8) is 0 Å². The second kappa shape index (κ2) is 6.88. The zero-order valence-electron chi connectivity index (χ0n) is 15.8. The molecule has 0 bridgehead atoms. The van der Waals surface area contributed by atoms with E-state index in [-0.39, 0.29) is 28.5 Å². The van der Waals surface area contributed by atoms with Gasteiger partial charge >= 0.3 is 0 Å². The number of methoxy groups -OCH3 is 1. The van der Waals surface area contributed by atoms with Gasteiger partial charge in [0, 0.05) is 33.8 Å². The molecule has 1 aliphatic carbocycles. The lowest BCUT2D eigenvalue weighted by Crippen LogP contribution is -2.30. The largest absolute Gasteiger partial charge is 0.496 e. The highest BCUT2D eigenvalue weighted by Crippen LogP contribution is 2.55. The summed E-state index contributed by atoms with van der Waals surface area (Å²) < 4.78 is 6.66. The van der Waals surface area contributed by atoms with E-state index >= 15 is 0 Å². The molecule has 0 amide bonds. The number of ether oxygens (including phenoxy) is 1. The van der Waals surface area contributed by atoms with Crippen LogP contribution in [0.3, 0.4) is 0 Å². The zero-order chi connectivity index (χ0) is 20.1. The van der Waals surface area contributed by atoms with Gasteiger partial charge in [-0.3, -0.25) is 10.1 Å². The molecule has 0 radical (unpaired) electrons. The van der Waals surface area contributed by atoms with Crippen LogP contribution in [-0.4, -0.2) is 12.0 Å². The van der Waals surface area contributed by atoms with Gasteiger partial charge in [0.15, 0.2) is 0 Å². The number of halogens is 1. The molecule has 1 N–H and O–H groups in total. The van der Waals surface area contributed by atoms with E-state index in [0.29, 0.717) is 0 Å². The first kappa shape index (κ1) is 18.2. The van der Waals surface area contributed by atoms with Crippen LogP contribution in [0, 0.1) is 16.0 Å². The van der Waals surface area contributed by atoms with Gasteiger partial charge in [0.25, 0.3) is 5.69 Å². The molecule has 3 aromatic rings. The number of nitrogens with zero attached hydrogens (tertiary/aromatic N) is 1. The fraction of sp³-hybridized carbons (Fsp3) is 0.217. The smallest absolute Gasteiger partial charge is 0.269 e. The van der Waals surface area contributed by atoms with Crippen molar-refractivity contribution >= 4 is 27.3 Å². The minimum absolute atomic E-state index is 0.0359. The Labute approximate surface area is 177 Å². The summed E-state index contributed by atoms with van der Waals surface area (Å²) >= 11 is 3.59. The Hall–Kier alpha value is -2.86. The van der Waals surface area contributed by atoms with Crippen molar-refractivity contribution in [1.82, 2.24) is 0 Å². The third-order valence-electron chi connectivity index (χ3n) is 6.12. The fourth-order valence-electron chi connectivity index (χ4n) is 4.92. The summed E-state index contributed by atoms with van der Waals surface area (Å²) in [4.78, 5) is 11.1. The van der Waals surface area contributed by atoms with E-state index in [9.17, 15) is 10.1 Å². The van der Waals surface area contributed by atoms with Crippen LogP contribution in [0.15, 0.2) is 65.1 Å². The first-order valence-electron chi connectivity index (χ1n) is 9.53. The fourth-order valence-corrected chi connectivity index (χ4v) is 5.30. The Morgan fingerprint density at radius 2 is 1.90 bits per heavy atom. The first-order valence-corrected chi connectivity index (χ1v) is 10.3. The lowest BCUT2D eigenvalue weighted by atomic mass is 9.75. The summed E-state index contributed by atoms with van der Waals surface area (Å²) in [5.41, 5.74) is 5.74. The second-order valence-electron chi connectivity index (χ2n) is 7.58. The average Bonchev–Trinajstić information content (AvgIpc) is 3.12. The van der Waals surface area contributed by atoms with Gasteiger partial charge < -0.3 is 10.1 Å². The van der Waals surface area contributed by atoms with Gasteiger partial charge in [-0.25, -0.2) is 0 Å². The molecule has 1 heterocycles. The number of nitrogens with one attached hydrogen (secondary N) is 1. The molecule has 2 aliphatic rings. The van der Waals surface area contributed by atoms with Crippen molar-refractivity contribution in [2.75, 3.05) is 12.4 Å². The molecule has 1 aliphatic heterocycles. The zero-order valence-corrected chi connectivity index (χ0v) is 17.3. The third-order valence-corrected chi connectivity index (χ3v) is 6.61. The molecule has 29 heavy (non-hydrogen) atoms. The molecule has 0 unspecified atom stereocenters. The van der Waals surface area contributed by atoms with Gasteiger partial charge in [0.1, 0.15) is 5.75 Å². The molecular formula is C23H19BrN2O3. The van der Waals surface area contributed by atoms with Crippen molar-refractivity contribution in [2.24, 2.45) is 5.92 Å². The van der Waals surface area contributed by atoms with E-state index in [2.05, 4.69) is 51.6 Å². The van der Waals surface area contributed by atoms with Crippen LogP contribution in [-0.2, 0) is 6.42 Å². The highest BCUT2D eigenvalue weighted by atomic mass is 79.9. The molecule has 3 atom stereocenters. The Balaban J connectivity index is 1.71. The van der Waals surface area contributed by atoms with Crippen LogP contribution >= 0.6 is 15.9 Å². The Morgan fingerprint density at radius 3 is 2.69 bits per heavy atom. The highest BCUT2D eigenvalue weighted by molar-refractivity contribution is 9.10. The number of hydrogen-bond donors (Lipinski definition) is 1. The van der Waals surface area contributed by atoms with Gasteiger partial charge in [0.05, 0.1) is 18.1 Å². The summed E-state index contributed by atoms with van der Waals surface area (Å²) in [5.74, 6) is 1.19. The molecule has 6 heteroatoms. The number of nitro benzene ring substituents is 1. The number of nitro groups is 1. The molecular weight excluding hydrogens is 432 g/mol. The van der Waals surface area contributed by atoms with Crippen LogP contribution in [0.5, 0.6) is 5.75 Å². The van der Waals surface area contributed by atoms with E-state index in [1.54, 1.807) is 19.2 Å². The summed E-state index contributed by atoms with van der Waals surface area (Å²) in [7, 11) is 1.69. The predicted molar refractivity (Wildman–Crippen MR) is 116 cm³/mol. The van der Waals surface area contributed by atoms with Gasteiger partial charge in [-0.2, -0.15) is 0 Å². The normalized spacial score (nSPS) is 21.5. The molecule has 0 saturated carbocycles. The molecule has 0 fully saturated rings. The Kier molecular flexibility index (Phi) is 4.32. The van der Waals surface area contributed by atoms with E-state index in [1.807, 2.05) is 18.2 Å². The first-order chi connectivity index (χ1) is 14.1. The summed E-state index contributed by atoms with van der Waals surface area (Å²) in [6.07, 6.45) is 0.913. The van der Waals surface area contributed by atoms with Crippen LogP contribution in [0.2, 0.25) is 0 Å². The average molecular weight is 451 g/mol. The highest BCUT2D eigenvalue weighted by Gasteiger charge is 2.44. The van der Waals surface area contributed by atoms with E-state index in [4.69, 9.17) is 4.74 Å². The molecule has 0 aromatic heterocycles. The van der Waals surface area contributed by atoms with Gasteiger partial charge in [-0.15, -0.1) is 0 Å². The van der Waals surface area contributed by atoms with Crippen molar-refractivity contribution < 1.29 is 9.66 Å². The maximum atomic E-state index is 11.4. The summed E-state index contributed by atoms with van der Waals surface area (Å²) in [6.45, 7) is 0. The topological polar surface area (TPSA) is 64.4 Å². The number of benzene rings is 3. The van der Waals surface area contributed by atoms with Crippen LogP contribution < -0.4 is 10.1 Å². The molecule has 5 rings (SSSR count). The van der Waals surface area contributed by atoms with E-state index < -0.39 is 0 Å². The van der Waals surface area contributed by atoms with Gasteiger partial charge in [-0.1, -0.05) is 40.2 Å². The minimum Gasteiger partial charge on any atom is -0.496 e. The van der Waals surface area contributed by atoms with Crippen molar-refractivity contribution in [1.29, 1.82) is 0 Å². The Bertz CT molecular complexity index is 1130. The summed E-state index contributed by atoms with van der Waals surface area (Å²) in [6, 6.07) is 19.7. The van der Waals surface area contributed by atoms with Crippen molar-refractivity contribution in [3.8, 4) is 5.75 Å². The maximum absolute atomic E-state index is 11.4. The number of rotatable bonds is 3. The SMILES string of the molecule is COc1ccc(Br)cc1[C@@H]1Nc2ccc([N+](=O)[O-])cc2[C@@H]2c3ccccc3C[C@H]21. The predicted octanol–water partition coefficient (Wildman–Crippen LogP) is 5.84. The molecule has 5 nitrogen and oxygen atoms in total. The van der Waals surface area contributed by atoms with E-state index in [1.165, 1.54) is 11.1 Å². The number of hydrogen-bond acceptors (Lipinski definition) is 4. The van der Waals surface area contributed by atoms with Gasteiger partial charge in [-0.05, 0) is 53.3 Å². The monoisotopic (exact) mass is 450 g/mol.